The van der Waals surface area contributed by atoms with Crippen molar-refractivity contribution in [1.82, 2.24) is 0 Å². The lowest BCUT2D eigenvalue weighted by Gasteiger charge is -2.19. The summed E-state index contributed by atoms with van der Waals surface area (Å²) in [6.45, 7) is 0. The molecule has 12 heavy (non-hydrogen) atoms. The molecule has 2 unspecified atom stereocenters. The number of hydrogen-bond acceptors (Lipinski definition) is 4. The molecule has 0 radical (unpaired) electrons. The molecule has 0 spiro atoms. The van der Waals surface area contributed by atoms with Gasteiger partial charge in [0.25, 0.3) is 0 Å². The van der Waals surface area contributed by atoms with Gasteiger partial charge in [-0.15, -0.1) is 23.2 Å². The number of ketones is 2. The van der Waals surface area contributed by atoms with Gasteiger partial charge in [0.1, 0.15) is 22.2 Å². The number of nitrogens with one attached hydrogen (secondary N) is 2. The van der Waals surface area contributed by atoms with E-state index in [1.54, 1.807) is 0 Å². The molecule has 1 saturated carbocycles. The molecule has 0 saturated heterocycles. The lowest BCUT2D eigenvalue weighted by molar-refractivity contribution is -0.116. The van der Waals surface area contributed by atoms with Crippen LogP contribution in [0.4, 0.5) is 0 Å². The molecule has 64 valence electrons. The molecule has 0 aliphatic heterocycles. The molecule has 1 rings (SSSR count). The van der Waals surface area contributed by atoms with Crippen LogP contribution in [0.5, 0.6) is 0 Å². The normalized spacial score (nSPS) is 31.2. The smallest absolute Gasteiger partial charge is 0.202 e. The fraction of sp³-hybridized carbons (Fsp3) is 0.333. The van der Waals surface area contributed by atoms with Gasteiger partial charge in [0, 0.05) is 0 Å². The monoisotopic (exact) mass is 206 g/mol. The van der Waals surface area contributed by atoms with Crippen molar-refractivity contribution in [3.05, 3.63) is 0 Å². The molecule has 4 nitrogen and oxygen atoms in total. The topological polar surface area (TPSA) is 81.8 Å². The fourth-order valence-electron chi connectivity index (χ4n) is 0.785. The average molecular weight is 207 g/mol. The largest absolute Gasteiger partial charge is 0.300 e. The minimum absolute atomic E-state index is 0.530. The molecular weight excluding hydrogens is 203 g/mol. The summed E-state index contributed by atoms with van der Waals surface area (Å²) in [4.78, 5) is 21.9. The first-order chi connectivity index (χ1) is 5.46. The maximum Gasteiger partial charge on any atom is 0.202 e. The summed E-state index contributed by atoms with van der Waals surface area (Å²) >= 11 is 10.8. The van der Waals surface area contributed by atoms with Crippen LogP contribution in [-0.4, -0.2) is 33.7 Å². The third-order valence-electron chi connectivity index (χ3n) is 1.50. The van der Waals surface area contributed by atoms with E-state index in [2.05, 4.69) is 0 Å². The number of hydrogen-bond donors (Lipinski definition) is 2. The summed E-state index contributed by atoms with van der Waals surface area (Å²) in [5, 5.41) is 11.5. The van der Waals surface area contributed by atoms with Crippen LogP contribution in [-0.2, 0) is 9.59 Å². The maximum atomic E-state index is 11.0. The Morgan fingerprint density at radius 1 is 0.917 bits per heavy atom. The van der Waals surface area contributed by atoms with E-state index in [0.29, 0.717) is 0 Å². The van der Waals surface area contributed by atoms with E-state index in [1.807, 2.05) is 0 Å². The van der Waals surface area contributed by atoms with E-state index in [1.165, 1.54) is 0 Å². The number of carbonyl (C=O) groups excluding carboxylic acids is 2. The molecule has 0 aromatic rings. The lowest BCUT2D eigenvalue weighted by atomic mass is 9.93. The first kappa shape index (κ1) is 9.35. The van der Waals surface area contributed by atoms with Gasteiger partial charge in [0.2, 0.25) is 11.6 Å². The molecule has 1 aliphatic rings. The predicted octanol–water partition coefficient (Wildman–Crippen LogP) is 0.393. The summed E-state index contributed by atoms with van der Waals surface area (Å²) in [6, 6.07) is 0. The SMILES string of the molecule is N=C1C(=O)C(Cl)C(=N)C(=O)C1Cl. The Bertz CT molecular complexity index is 242. The van der Waals surface area contributed by atoms with Crippen LogP contribution in [0.25, 0.3) is 0 Å². The van der Waals surface area contributed by atoms with E-state index in [0.717, 1.165) is 0 Å². The van der Waals surface area contributed by atoms with Crippen LogP contribution in [0, 0.1) is 10.8 Å². The van der Waals surface area contributed by atoms with Gasteiger partial charge in [-0.25, -0.2) is 0 Å². The zero-order chi connectivity index (χ0) is 9.46. The van der Waals surface area contributed by atoms with Crippen molar-refractivity contribution in [1.29, 1.82) is 10.8 Å². The van der Waals surface area contributed by atoms with Crippen molar-refractivity contribution in [2.75, 3.05) is 0 Å². The van der Waals surface area contributed by atoms with E-state index in [4.69, 9.17) is 34.0 Å². The van der Waals surface area contributed by atoms with Crippen molar-refractivity contribution in [2.45, 2.75) is 10.8 Å². The fourth-order valence-corrected chi connectivity index (χ4v) is 1.24. The summed E-state index contributed by atoms with van der Waals surface area (Å²) in [6.07, 6.45) is 0. The highest BCUT2D eigenvalue weighted by Crippen LogP contribution is 2.16. The minimum Gasteiger partial charge on any atom is -0.300 e. The number of halogens is 2. The van der Waals surface area contributed by atoms with Crippen LogP contribution in [0.1, 0.15) is 0 Å². The highest BCUT2D eigenvalue weighted by molar-refractivity contribution is 6.78. The number of rotatable bonds is 0. The van der Waals surface area contributed by atoms with Gasteiger partial charge in [-0.3, -0.25) is 20.4 Å². The van der Waals surface area contributed by atoms with E-state index >= 15 is 0 Å². The second kappa shape index (κ2) is 2.95. The van der Waals surface area contributed by atoms with Crippen molar-refractivity contribution < 1.29 is 9.59 Å². The number of carbonyl (C=O) groups is 2. The average Bonchev–Trinajstić information content (AvgIpc) is 2.08. The Morgan fingerprint density at radius 3 is 1.42 bits per heavy atom. The van der Waals surface area contributed by atoms with E-state index in [9.17, 15) is 9.59 Å². The Kier molecular flexibility index (Phi) is 2.30. The molecule has 0 amide bonds. The number of alkyl halides is 2. The van der Waals surface area contributed by atoms with Crippen molar-refractivity contribution in [3.8, 4) is 0 Å². The molecule has 1 fully saturated rings. The van der Waals surface area contributed by atoms with Crippen molar-refractivity contribution in [2.24, 2.45) is 0 Å². The highest BCUT2D eigenvalue weighted by Gasteiger charge is 2.41. The van der Waals surface area contributed by atoms with Gasteiger partial charge in [0.05, 0.1) is 0 Å². The van der Waals surface area contributed by atoms with Gasteiger partial charge in [-0.05, 0) is 0 Å². The van der Waals surface area contributed by atoms with Crippen LogP contribution in [0.2, 0.25) is 0 Å². The number of Topliss-reactive ketones (excluding diaryl/α,β-unsaturated/α-hetero) is 2. The quantitative estimate of drug-likeness (QED) is 0.563. The predicted molar refractivity (Wildman–Crippen MR) is 44.7 cm³/mol. The molecule has 0 heterocycles. The Morgan fingerprint density at radius 2 is 1.17 bits per heavy atom. The van der Waals surface area contributed by atoms with Crippen LogP contribution in [0.3, 0.4) is 0 Å². The summed E-state index contributed by atoms with van der Waals surface area (Å²) in [7, 11) is 0. The summed E-state index contributed by atoms with van der Waals surface area (Å²) < 4.78 is 0. The molecule has 2 N–H and O–H groups in total. The van der Waals surface area contributed by atoms with Gasteiger partial charge in [-0.2, -0.15) is 0 Å². The van der Waals surface area contributed by atoms with E-state index in [-0.39, 0.29) is 0 Å². The molecule has 0 aromatic heterocycles. The summed E-state index contributed by atoms with van der Waals surface area (Å²) in [5.74, 6) is -1.53. The zero-order valence-corrected chi connectivity index (χ0v) is 7.24. The van der Waals surface area contributed by atoms with E-state index < -0.39 is 33.7 Å². The third kappa shape index (κ3) is 1.17. The van der Waals surface area contributed by atoms with Crippen molar-refractivity contribution >= 4 is 46.2 Å². The highest BCUT2D eigenvalue weighted by atomic mass is 35.5. The Balaban J connectivity index is 3.07. The zero-order valence-electron chi connectivity index (χ0n) is 5.73. The van der Waals surface area contributed by atoms with Crippen LogP contribution >= 0.6 is 23.2 Å². The molecule has 2 atom stereocenters. The van der Waals surface area contributed by atoms with Crippen molar-refractivity contribution in [3.63, 3.8) is 0 Å². The standard InChI is InChI=1S/C6H4Cl2N2O2/c7-1-3(9)6(12)2(8)4(10)5(1)11/h1-2,9-10H. The molecular formula is C6H4Cl2N2O2. The maximum absolute atomic E-state index is 11.0. The van der Waals surface area contributed by atoms with Gasteiger partial charge in [-0.1, -0.05) is 0 Å². The summed E-state index contributed by atoms with van der Waals surface area (Å²) in [5.41, 5.74) is -1.06. The Hall–Kier alpha value is -0.740. The molecule has 0 aromatic carbocycles. The first-order valence-electron chi connectivity index (χ1n) is 3.00. The van der Waals surface area contributed by atoms with Crippen LogP contribution < -0.4 is 0 Å². The van der Waals surface area contributed by atoms with Crippen LogP contribution in [0.15, 0.2) is 0 Å². The second-order valence-electron chi connectivity index (χ2n) is 2.28. The minimum atomic E-state index is -1.33. The van der Waals surface area contributed by atoms with Gasteiger partial charge in [0.15, 0.2) is 0 Å². The Labute approximate surface area is 77.9 Å². The molecule has 0 bridgehead atoms. The van der Waals surface area contributed by atoms with Gasteiger partial charge < -0.3 is 0 Å². The third-order valence-corrected chi connectivity index (χ3v) is 2.33. The second-order valence-corrected chi connectivity index (χ2v) is 3.15. The lowest BCUT2D eigenvalue weighted by Crippen LogP contribution is -2.49. The first-order valence-corrected chi connectivity index (χ1v) is 3.87. The molecule has 1 aliphatic carbocycles. The van der Waals surface area contributed by atoms with Gasteiger partial charge >= 0.3 is 0 Å². The molecule has 6 heteroatoms.